The van der Waals surface area contributed by atoms with Gasteiger partial charge < -0.3 is 10.1 Å². The summed E-state index contributed by atoms with van der Waals surface area (Å²) >= 11 is 2.11. The van der Waals surface area contributed by atoms with Crippen LogP contribution in [0.1, 0.15) is 39.2 Å². The molecule has 1 aromatic rings. The maximum absolute atomic E-state index is 5.65. The third-order valence-corrected chi connectivity index (χ3v) is 4.96. The van der Waals surface area contributed by atoms with E-state index < -0.39 is 0 Å². The Balaban J connectivity index is 1.76. The summed E-state index contributed by atoms with van der Waals surface area (Å²) in [6.07, 6.45) is 2.94. The zero-order valence-electron chi connectivity index (χ0n) is 12.2. The minimum atomic E-state index is 0.239. The molecule has 1 heterocycles. The van der Waals surface area contributed by atoms with Gasteiger partial charge in [0.15, 0.2) is 0 Å². The Morgan fingerprint density at radius 3 is 2.63 bits per heavy atom. The van der Waals surface area contributed by atoms with Gasteiger partial charge in [0.25, 0.3) is 0 Å². The van der Waals surface area contributed by atoms with Gasteiger partial charge in [0.1, 0.15) is 5.75 Å². The maximum Gasteiger partial charge on any atom is 0.119 e. The molecule has 1 unspecified atom stereocenters. The fourth-order valence-electron chi connectivity index (χ4n) is 2.41. The van der Waals surface area contributed by atoms with Crippen LogP contribution in [-0.4, -0.2) is 23.1 Å². The molecule has 0 radical (unpaired) electrons. The summed E-state index contributed by atoms with van der Waals surface area (Å²) in [6, 6.07) is 8.41. The Morgan fingerprint density at radius 1 is 1.32 bits per heavy atom. The lowest BCUT2D eigenvalue weighted by Crippen LogP contribution is -2.32. The topological polar surface area (TPSA) is 21.3 Å². The summed E-state index contributed by atoms with van der Waals surface area (Å²) in [5, 5.41) is 3.58. The van der Waals surface area contributed by atoms with Crippen molar-refractivity contribution in [3.8, 4) is 5.75 Å². The molecule has 1 aliphatic heterocycles. The van der Waals surface area contributed by atoms with Crippen LogP contribution in [0.25, 0.3) is 0 Å². The zero-order chi connectivity index (χ0) is 13.7. The zero-order valence-corrected chi connectivity index (χ0v) is 13.1. The highest BCUT2D eigenvalue weighted by Gasteiger charge is 2.28. The monoisotopic (exact) mass is 279 g/mol. The lowest BCUT2D eigenvalue weighted by molar-refractivity contribution is 0.242. The molecule has 1 aromatic carbocycles. The highest BCUT2D eigenvalue weighted by Crippen LogP contribution is 2.36. The maximum atomic E-state index is 5.65. The van der Waals surface area contributed by atoms with Crippen molar-refractivity contribution in [1.82, 2.24) is 5.32 Å². The molecule has 19 heavy (non-hydrogen) atoms. The number of ether oxygens (including phenoxy) is 1. The first-order valence-corrected chi connectivity index (χ1v) is 8.16. The Morgan fingerprint density at radius 2 is 2.05 bits per heavy atom. The molecular weight excluding hydrogens is 254 g/mol. The third kappa shape index (κ3) is 4.73. The van der Waals surface area contributed by atoms with Gasteiger partial charge in [0, 0.05) is 17.8 Å². The van der Waals surface area contributed by atoms with E-state index in [1.54, 1.807) is 0 Å². The molecule has 1 atom stereocenters. The highest BCUT2D eigenvalue weighted by molar-refractivity contribution is 8.00. The van der Waals surface area contributed by atoms with Crippen molar-refractivity contribution in [3.05, 3.63) is 29.8 Å². The molecule has 0 amide bonds. The molecule has 106 valence electrons. The molecule has 0 spiro atoms. The van der Waals surface area contributed by atoms with Crippen LogP contribution in [0.2, 0.25) is 0 Å². The molecular formula is C16H25NOS. The second kappa shape index (κ2) is 6.67. The molecule has 0 aliphatic carbocycles. The molecule has 3 heteroatoms. The molecule has 0 bridgehead atoms. The van der Waals surface area contributed by atoms with E-state index in [1.165, 1.54) is 24.2 Å². The number of nitrogens with one attached hydrogen (secondary N) is 1. The predicted octanol–water partition coefficient (Wildman–Crippen LogP) is 3.85. The first kappa shape index (κ1) is 14.7. The van der Waals surface area contributed by atoms with Gasteiger partial charge in [0.05, 0.1) is 6.10 Å². The second-order valence-electron chi connectivity index (χ2n) is 5.82. The standard InChI is InChI=1S/C16H25NOS/c1-13(2)18-15-7-5-14(6-8-15)11-17-12-16(3)9-4-10-19-16/h5-8,13,17H,4,9-12H2,1-3H3. The second-order valence-corrected chi connectivity index (χ2v) is 7.50. The smallest absolute Gasteiger partial charge is 0.119 e. The third-order valence-electron chi connectivity index (χ3n) is 3.42. The lowest BCUT2D eigenvalue weighted by atomic mass is 10.1. The highest BCUT2D eigenvalue weighted by atomic mass is 32.2. The van der Waals surface area contributed by atoms with Crippen molar-refractivity contribution in [1.29, 1.82) is 0 Å². The average molecular weight is 279 g/mol. The van der Waals surface area contributed by atoms with Crippen LogP contribution in [-0.2, 0) is 6.54 Å². The molecule has 1 aliphatic rings. The van der Waals surface area contributed by atoms with Crippen LogP contribution in [0.3, 0.4) is 0 Å². The molecule has 1 fully saturated rings. The summed E-state index contributed by atoms with van der Waals surface area (Å²) in [5.74, 6) is 2.27. The summed E-state index contributed by atoms with van der Waals surface area (Å²) in [6.45, 7) is 8.52. The van der Waals surface area contributed by atoms with Crippen molar-refractivity contribution in [2.75, 3.05) is 12.3 Å². The Bertz CT molecular complexity index is 382. The Labute approximate surface area is 121 Å². The molecule has 0 aromatic heterocycles. The number of benzene rings is 1. The van der Waals surface area contributed by atoms with E-state index in [0.29, 0.717) is 4.75 Å². The van der Waals surface area contributed by atoms with Crippen LogP contribution in [0.5, 0.6) is 5.75 Å². The van der Waals surface area contributed by atoms with E-state index in [1.807, 2.05) is 0 Å². The molecule has 2 nitrogen and oxygen atoms in total. The van der Waals surface area contributed by atoms with Gasteiger partial charge in [-0.1, -0.05) is 12.1 Å². The molecule has 1 saturated heterocycles. The van der Waals surface area contributed by atoms with Gasteiger partial charge in [-0.3, -0.25) is 0 Å². The lowest BCUT2D eigenvalue weighted by Gasteiger charge is -2.23. The van der Waals surface area contributed by atoms with Crippen LogP contribution < -0.4 is 10.1 Å². The van der Waals surface area contributed by atoms with E-state index in [4.69, 9.17) is 4.74 Å². The van der Waals surface area contributed by atoms with Crippen molar-refractivity contribution >= 4 is 11.8 Å². The molecule has 2 rings (SSSR count). The van der Waals surface area contributed by atoms with E-state index >= 15 is 0 Å². The first-order valence-electron chi connectivity index (χ1n) is 7.18. The normalized spacial score (nSPS) is 22.9. The van der Waals surface area contributed by atoms with E-state index in [2.05, 4.69) is 62.1 Å². The SMILES string of the molecule is CC(C)Oc1ccc(CNCC2(C)CCCS2)cc1. The number of hydrogen-bond acceptors (Lipinski definition) is 3. The number of thioether (sulfide) groups is 1. The van der Waals surface area contributed by atoms with E-state index in [0.717, 1.165) is 18.8 Å². The van der Waals surface area contributed by atoms with Crippen LogP contribution in [0, 0.1) is 0 Å². The van der Waals surface area contributed by atoms with Crippen LogP contribution >= 0.6 is 11.8 Å². The number of hydrogen-bond donors (Lipinski definition) is 1. The van der Waals surface area contributed by atoms with Gasteiger partial charge in [-0.05, 0) is 57.1 Å². The summed E-state index contributed by atoms with van der Waals surface area (Å²) in [5.41, 5.74) is 1.32. The van der Waals surface area contributed by atoms with Gasteiger partial charge in [-0.2, -0.15) is 11.8 Å². The largest absolute Gasteiger partial charge is 0.491 e. The van der Waals surface area contributed by atoms with Gasteiger partial charge in [-0.25, -0.2) is 0 Å². The van der Waals surface area contributed by atoms with Crippen molar-refractivity contribution in [2.24, 2.45) is 0 Å². The van der Waals surface area contributed by atoms with Crippen LogP contribution in [0.4, 0.5) is 0 Å². The van der Waals surface area contributed by atoms with Crippen LogP contribution in [0.15, 0.2) is 24.3 Å². The summed E-state index contributed by atoms with van der Waals surface area (Å²) < 4.78 is 6.09. The fraction of sp³-hybridized carbons (Fsp3) is 0.625. The van der Waals surface area contributed by atoms with Gasteiger partial charge in [-0.15, -0.1) is 0 Å². The van der Waals surface area contributed by atoms with Crippen molar-refractivity contribution in [3.63, 3.8) is 0 Å². The average Bonchev–Trinajstić information content (AvgIpc) is 2.78. The summed E-state index contributed by atoms with van der Waals surface area (Å²) in [7, 11) is 0. The van der Waals surface area contributed by atoms with E-state index in [-0.39, 0.29) is 6.10 Å². The van der Waals surface area contributed by atoms with Crippen molar-refractivity contribution in [2.45, 2.75) is 51.0 Å². The van der Waals surface area contributed by atoms with Gasteiger partial charge >= 0.3 is 0 Å². The number of rotatable bonds is 6. The molecule has 1 N–H and O–H groups in total. The van der Waals surface area contributed by atoms with E-state index in [9.17, 15) is 0 Å². The fourth-order valence-corrected chi connectivity index (χ4v) is 3.68. The Hall–Kier alpha value is -0.670. The van der Waals surface area contributed by atoms with Gasteiger partial charge in [0.2, 0.25) is 0 Å². The predicted molar refractivity (Wildman–Crippen MR) is 84.0 cm³/mol. The summed E-state index contributed by atoms with van der Waals surface area (Å²) in [4.78, 5) is 0. The quantitative estimate of drug-likeness (QED) is 0.854. The minimum Gasteiger partial charge on any atom is -0.491 e. The first-order chi connectivity index (χ1) is 9.07. The van der Waals surface area contributed by atoms with Crippen molar-refractivity contribution < 1.29 is 4.74 Å². The Kier molecular flexibility index (Phi) is 5.17. The molecule has 0 saturated carbocycles. The minimum absolute atomic E-state index is 0.239.